The van der Waals surface area contributed by atoms with Crippen molar-refractivity contribution in [3.8, 4) is 0 Å². The highest BCUT2D eigenvalue weighted by atomic mass is 19.3. The number of alkyl halides is 2. The number of benzene rings is 1. The zero-order valence-electron chi connectivity index (χ0n) is 18.9. The molecule has 2 aromatic heterocycles. The van der Waals surface area contributed by atoms with Gasteiger partial charge < -0.3 is 20.5 Å². The average Bonchev–Trinajstić information content (AvgIpc) is 2.79. The van der Waals surface area contributed by atoms with Crippen molar-refractivity contribution in [2.24, 2.45) is 0 Å². The fraction of sp³-hybridized carbons (Fsp3) is 0.458. The van der Waals surface area contributed by atoms with Crippen molar-refractivity contribution in [3.05, 3.63) is 63.0 Å². The Morgan fingerprint density at radius 2 is 1.94 bits per heavy atom. The topological polar surface area (TPSA) is 111 Å². The standard InChI is InChI=1S/C24H27F3N4O3/c1-12(16-4-3-5-19(20(16)25)24(26,27)11-32)28-21-18-10-17(14-6-8-15(33)9-7-14)23(34)31-22(18)30-13(2)29-21/h3-5,10,12,14-15,32-33H,6-9,11H2,1-2H3,(H2,28,29,30,31,34)/t12-,14-,15+/m1/s1. The molecule has 7 nitrogen and oxygen atoms in total. The second-order valence-corrected chi connectivity index (χ2v) is 8.88. The number of nitrogens with one attached hydrogen (secondary N) is 2. The second kappa shape index (κ2) is 9.34. The maximum Gasteiger partial charge on any atom is 0.298 e. The highest BCUT2D eigenvalue weighted by Gasteiger charge is 2.35. The Kier molecular flexibility index (Phi) is 6.64. The summed E-state index contributed by atoms with van der Waals surface area (Å²) in [4.78, 5) is 24.3. The first-order chi connectivity index (χ1) is 16.1. The van der Waals surface area contributed by atoms with Crippen LogP contribution in [0.25, 0.3) is 11.0 Å². The summed E-state index contributed by atoms with van der Waals surface area (Å²) in [6, 6.07) is 4.61. The van der Waals surface area contributed by atoms with Crippen LogP contribution in [0.15, 0.2) is 29.1 Å². The Morgan fingerprint density at radius 1 is 1.24 bits per heavy atom. The number of nitrogens with zero attached hydrogens (tertiary/aromatic N) is 2. The zero-order chi connectivity index (χ0) is 24.6. The summed E-state index contributed by atoms with van der Waals surface area (Å²) < 4.78 is 42.9. The largest absolute Gasteiger partial charge is 0.393 e. The monoisotopic (exact) mass is 476 g/mol. The summed E-state index contributed by atoms with van der Waals surface area (Å²) in [5.41, 5.74) is -0.265. The number of anilines is 1. The SMILES string of the molecule is Cc1nc(N[C@H](C)c2cccc(C(F)(F)CO)c2F)c2cc([C@H]3CC[C@@H](O)CC3)c(=O)[nH]c2n1. The predicted molar refractivity (Wildman–Crippen MR) is 122 cm³/mol. The van der Waals surface area contributed by atoms with Crippen LogP contribution < -0.4 is 10.9 Å². The summed E-state index contributed by atoms with van der Waals surface area (Å²) in [5, 5.41) is 22.4. The summed E-state index contributed by atoms with van der Waals surface area (Å²) in [5.74, 6) is -4.13. The number of aliphatic hydroxyl groups excluding tert-OH is 2. The molecule has 34 heavy (non-hydrogen) atoms. The molecular weight excluding hydrogens is 449 g/mol. The normalized spacial score (nSPS) is 19.9. The van der Waals surface area contributed by atoms with Crippen molar-refractivity contribution >= 4 is 16.9 Å². The number of aromatic nitrogens is 3. The molecule has 0 saturated heterocycles. The first-order valence-corrected chi connectivity index (χ1v) is 11.2. The average molecular weight is 476 g/mol. The lowest BCUT2D eigenvalue weighted by molar-refractivity contribution is -0.0583. The molecule has 2 heterocycles. The number of hydrogen-bond acceptors (Lipinski definition) is 6. The van der Waals surface area contributed by atoms with Crippen molar-refractivity contribution in [1.29, 1.82) is 0 Å². The van der Waals surface area contributed by atoms with Gasteiger partial charge >= 0.3 is 0 Å². The molecule has 182 valence electrons. The van der Waals surface area contributed by atoms with Crippen molar-refractivity contribution < 1.29 is 23.4 Å². The second-order valence-electron chi connectivity index (χ2n) is 8.88. The van der Waals surface area contributed by atoms with Gasteiger partial charge in [-0.05, 0) is 57.6 Å². The summed E-state index contributed by atoms with van der Waals surface area (Å²) in [6.45, 7) is 1.75. The van der Waals surface area contributed by atoms with E-state index in [1.807, 2.05) is 0 Å². The number of halogens is 3. The molecule has 0 amide bonds. The number of hydrogen-bond donors (Lipinski definition) is 4. The molecule has 1 atom stereocenters. The molecule has 10 heteroatoms. The summed E-state index contributed by atoms with van der Waals surface area (Å²) in [6.07, 6.45) is 2.23. The van der Waals surface area contributed by atoms with Gasteiger partial charge in [-0.15, -0.1) is 0 Å². The Hall–Kier alpha value is -2.98. The van der Waals surface area contributed by atoms with Gasteiger partial charge in [0.25, 0.3) is 11.5 Å². The number of pyridine rings is 1. The van der Waals surface area contributed by atoms with Crippen molar-refractivity contribution in [1.82, 2.24) is 15.0 Å². The Balaban J connectivity index is 1.73. The molecule has 3 aromatic rings. The molecule has 1 aliphatic carbocycles. The Bertz CT molecular complexity index is 1260. The third-order valence-corrected chi connectivity index (χ3v) is 6.43. The van der Waals surface area contributed by atoms with Crippen molar-refractivity contribution in [2.75, 3.05) is 11.9 Å². The fourth-order valence-electron chi connectivity index (χ4n) is 4.55. The van der Waals surface area contributed by atoms with Gasteiger partial charge in [-0.1, -0.05) is 12.1 Å². The molecule has 0 unspecified atom stereocenters. The molecule has 1 aromatic carbocycles. The van der Waals surface area contributed by atoms with Gasteiger partial charge in [0.15, 0.2) is 0 Å². The van der Waals surface area contributed by atoms with Crippen LogP contribution in [-0.4, -0.2) is 37.9 Å². The van der Waals surface area contributed by atoms with E-state index in [0.29, 0.717) is 53.9 Å². The molecule has 0 spiro atoms. The van der Waals surface area contributed by atoms with E-state index in [2.05, 4.69) is 20.3 Å². The maximum absolute atomic E-state index is 15.0. The van der Waals surface area contributed by atoms with Gasteiger partial charge in [0.2, 0.25) is 0 Å². The molecule has 1 fully saturated rings. The minimum atomic E-state index is -3.71. The zero-order valence-corrected chi connectivity index (χ0v) is 18.9. The molecular formula is C24H27F3N4O3. The van der Waals surface area contributed by atoms with Crippen LogP contribution in [0, 0.1) is 12.7 Å². The Labute approximate surface area is 194 Å². The van der Waals surface area contributed by atoms with Crippen LogP contribution in [0.5, 0.6) is 0 Å². The lowest BCUT2D eigenvalue weighted by atomic mass is 9.83. The number of aromatic amines is 1. The van der Waals surface area contributed by atoms with Gasteiger partial charge in [-0.25, -0.2) is 14.4 Å². The van der Waals surface area contributed by atoms with E-state index < -0.39 is 30.0 Å². The fourth-order valence-corrected chi connectivity index (χ4v) is 4.55. The molecule has 4 N–H and O–H groups in total. The van der Waals surface area contributed by atoms with Crippen LogP contribution in [0.3, 0.4) is 0 Å². The minimum Gasteiger partial charge on any atom is -0.393 e. The van der Waals surface area contributed by atoms with E-state index in [1.54, 1.807) is 19.9 Å². The minimum absolute atomic E-state index is 0.0130. The van der Waals surface area contributed by atoms with E-state index in [-0.39, 0.29) is 23.1 Å². The van der Waals surface area contributed by atoms with Crippen LogP contribution in [0.2, 0.25) is 0 Å². The number of rotatable bonds is 6. The van der Waals surface area contributed by atoms with Gasteiger partial charge in [0, 0.05) is 11.1 Å². The molecule has 4 rings (SSSR count). The van der Waals surface area contributed by atoms with Crippen LogP contribution in [0.4, 0.5) is 19.0 Å². The van der Waals surface area contributed by atoms with E-state index in [1.165, 1.54) is 12.1 Å². The molecule has 1 saturated carbocycles. The molecule has 0 bridgehead atoms. The van der Waals surface area contributed by atoms with Crippen molar-refractivity contribution in [3.63, 3.8) is 0 Å². The lowest BCUT2D eigenvalue weighted by Crippen LogP contribution is -2.23. The van der Waals surface area contributed by atoms with Gasteiger partial charge in [-0.2, -0.15) is 8.78 Å². The number of H-pyrrole nitrogens is 1. The smallest absolute Gasteiger partial charge is 0.298 e. The van der Waals surface area contributed by atoms with Crippen LogP contribution >= 0.6 is 0 Å². The molecule has 0 aliphatic heterocycles. The first kappa shape index (κ1) is 24.2. The van der Waals surface area contributed by atoms with Gasteiger partial charge in [0.05, 0.1) is 23.1 Å². The van der Waals surface area contributed by atoms with Crippen molar-refractivity contribution in [2.45, 2.75) is 63.5 Å². The maximum atomic E-state index is 15.0. The van der Waals surface area contributed by atoms with Crippen LogP contribution in [-0.2, 0) is 5.92 Å². The first-order valence-electron chi connectivity index (χ1n) is 11.2. The highest BCUT2D eigenvalue weighted by Crippen LogP contribution is 2.35. The number of aryl methyl sites for hydroxylation is 1. The van der Waals surface area contributed by atoms with E-state index in [4.69, 9.17) is 5.11 Å². The molecule has 0 radical (unpaired) electrons. The van der Waals surface area contributed by atoms with Crippen LogP contribution in [0.1, 0.15) is 67.1 Å². The Morgan fingerprint density at radius 3 is 2.62 bits per heavy atom. The number of aliphatic hydroxyl groups is 2. The summed E-state index contributed by atoms with van der Waals surface area (Å²) >= 11 is 0. The quantitative estimate of drug-likeness (QED) is 0.427. The molecule has 1 aliphatic rings. The van der Waals surface area contributed by atoms with E-state index in [0.717, 1.165) is 6.07 Å². The summed E-state index contributed by atoms with van der Waals surface area (Å²) in [7, 11) is 0. The van der Waals surface area contributed by atoms with Gasteiger partial charge in [-0.3, -0.25) is 4.79 Å². The third-order valence-electron chi connectivity index (χ3n) is 6.43. The van der Waals surface area contributed by atoms with E-state index in [9.17, 15) is 23.1 Å². The number of fused-ring (bicyclic) bond motifs is 1. The lowest BCUT2D eigenvalue weighted by Gasteiger charge is -2.25. The van der Waals surface area contributed by atoms with Gasteiger partial charge in [0.1, 0.15) is 29.7 Å². The highest BCUT2D eigenvalue weighted by molar-refractivity contribution is 5.87. The third kappa shape index (κ3) is 4.65. The predicted octanol–water partition coefficient (Wildman–Crippen LogP) is 4.04. The van der Waals surface area contributed by atoms with E-state index >= 15 is 0 Å².